The molecule has 2 heterocycles. The largest absolute Gasteiger partial charge is 0.461 e. The molecule has 0 saturated heterocycles. The van der Waals surface area contributed by atoms with Crippen molar-refractivity contribution in [3.63, 3.8) is 0 Å². The van der Waals surface area contributed by atoms with Gasteiger partial charge in [-0.3, -0.25) is 9.78 Å². The Balaban J connectivity index is 2.10. The van der Waals surface area contributed by atoms with Gasteiger partial charge in [0, 0.05) is 18.3 Å². The topological polar surface area (TPSA) is 99.1 Å². The number of carbonyl (C=O) groups excluding carboxylic acids is 2. The van der Waals surface area contributed by atoms with Crippen molar-refractivity contribution < 1.29 is 19.1 Å². The van der Waals surface area contributed by atoms with Crippen molar-refractivity contribution in [3.05, 3.63) is 22.6 Å². The molecule has 0 aromatic carbocycles. The summed E-state index contributed by atoms with van der Waals surface area (Å²) in [5.41, 5.74) is 3.44. The lowest BCUT2D eigenvalue weighted by Crippen LogP contribution is -2.12. The summed E-state index contributed by atoms with van der Waals surface area (Å²) in [6, 6.07) is 0. The molecule has 8 nitrogen and oxygen atoms in total. The third kappa shape index (κ3) is 2.39. The second-order valence-electron chi connectivity index (χ2n) is 5.16. The van der Waals surface area contributed by atoms with Crippen LogP contribution in [0, 0.1) is 0 Å². The summed E-state index contributed by atoms with van der Waals surface area (Å²) in [5.74, 6) is -0.927. The summed E-state index contributed by atoms with van der Waals surface area (Å²) in [6.07, 6.45) is 1.30. The number of nitrogens with one attached hydrogen (secondary N) is 1. The summed E-state index contributed by atoms with van der Waals surface area (Å²) in [4.78, 5) is 24.2. The summed E-state index contributed by atoms with van der Waals surface area (Å²) in [7, 11) is 1.78. The van der Waals surface area contributed by atoms with E-state index in [1.165, 1.54) is 0 Å². The van der Waals surface area contributed by atoms with E-state index in [1.807, 2.05) is 0 Å². The maximum atomic E-state index is 12.2. The predicted octanol–water partition coefficient (Wildman–Crippen LogP) is 1.26. The van der Waals surface area contributed by atoms with Crippen molar-refractivity contribution in [2.24, 2.45) is 7.05 Å². The van der Waals surface area contributed by atoms with E-state index in [2.05, 4.69) is 15.3 Å². The van der Waals surface area contributed by atoms with Crippen LogP contribution < -0.4 is 0 Å². The van der Waals surface area contributed by atoms with Crippen molar-refractivity contribution in [2.75, 3.05) is 13.2 Å². The average Bonchev–Trinajstić information content (AvgIpc) is 3.09. The van der Waals surface area contributed by atoms with Gasteiger partial charge in [-0.05, 0) is 26.7 Å². The highest BCUT2D eigenvalue weighted by Gasteiger charge is 2.33. The maximum absolute atomic E-state index is 12.2. The fourth-order valence-electron chi connectivity index (χ4n) is 2.87. The minimum absolute atomic E-state index is 0.229. The van der Waals surface area contributed by atoms with Gasteiger partial charge < -0.3 is 9.47 Å². The van der Waals surface area contributed by atoms with Crippen LogP contribution in [0.25, 0.3) is 11.3 Å². The molecule has 1 N–H and O–H groups in total. The smallest absolute Gasteiger partial charge is 0.359 e. The molecule has 122 valence electrons. The third-order valence-electron chi connectivity index (χ3n) is 3.83. The molecule has 0 unspecified atom stereocenters. The second kappa shape index (κ2) is 5.86. The van der Waals surface area contributed by atoms with E-state index in [0.29, 0.717) is 36.4 Å². The second-order valence-corrected chi connectivity index (χ2v) is 5.16. The Morgan fingerprint density at radius 2 is 1.87 bits per heavy atom. The van der Waals surface area contributed by atoms with Gasteiger partial charge in [-0.15, -0.1) is 0 Å². The average molecular weight is 318 g/mol. The fourth-order valence-corrected chi connectivity index (χ4v) is 2.87. The zero-order chi connectivity index (χ0) is 16.6. The molecule has 2 aromatic rings. The van der Waals surface area contributed by atoms with Gasteiger partial charge in [-0.2, -0.15) is 10.2 Å². The number of aromatic amines is 1. The van der Waals surface area contributed by atoms with Crippen LogP contribution in [0.15, 0.2) is 0 Å². The Kier molecular flexibility index (Phi) is 3.89. The number of carbonyl (C=O) groups is 2. The number of rotatable bonds is 4. The summed E-state index contributed by atoms with van der Waals surface area (Å²) in [6.45, 7) is 4.05. The van der Waals surface area contributed by atoms with Gasteiger partial charge in [0.2, 0.25) is 0 Å². The molecule has 1 aliphatic carbocycles. The van der Waals surface area contributed by atoms with Crippen molar-refractivity contribution >= 4 is 11.9 Å². The van der Waals surface area contributed by atoms with Crippen LogP contribution in [-0.2, 0) is 29.4 Å². The highest BCUT2D eigenvalue weighted by Crippen LogP contribution is 2.36. The zero-order valence-electron chi connectivity index (χ0n) is 13.3. The van der Waals surface area contributed by atoms with Crippen molar-refractivity contribution in [1.29, 1.82) is 0 Å². The highest BCUT2D eigenvalue weighted by molar-refractivity contribution is 5.98. The van der Waals surface area contributed by atoms with E-state index in [-0.39, 0.29) is 12.3 Å². The van der Waals surface area contributed by atoms with Gasteiger partial charge in [-0.1, -0.05) is 0 Å². The van der Waals surface area contributed by atoms with Crippen molar-refractivity contribution in [3.8, 4) is 11.3 Å². The molecule has 0 atom stereocenters. The molecular formula is C15H18N4O4. The Morgan fingerprint density at radius 3 is 2.57 bits per heavy atom. The van der Waals surface area contributed by atoms with Crippen LogP contribution in [0.4, 0.5) is 0 Å². The first-order valence-corrected chi connectivity index (χ1v) is 7.56. The van der Waals surface area contributed by atoms with Crippen LogP contribution >= 0.6 is 0 Å². The lowest BCUT2D eigenvalue weighted by Gasteiger charge is -2.13. The number of fused-ring (bicyclic) bond motifs is 3. The monoisotopic (exact) mass is 318 g/mol. The number of esters is 2. The van der Waals surface area contributed by atoms with Gasteiger partial charge >= 0.3 is 11.9 Å². The van der Waals surface area contributed by atoms with E-state index < -0.39 is 11.9 Å². The molecule has 1 aliphatic rings. The van der Waals surface area contributed by atoms with E-state index in [4.69, 9.17) is 9.47 Å². The molecule has 0 fully saturated rings. The van der Waals surface area contributed by atoms with Gasteiger partial charge in [0.25, 0.3) is 0 Å². The van der Waals surface area contributed by atoms with E-state index >= 15 is 0 Å². The molecular weight excluding hydrogens is 300 g/mol. The molecule has 2 aromatic heterocycles. The minimum atomic E-state index is -0.488. The number of aryl methyl sites for hydroxylation is 1. The Hall–Kier alpha value is -2.64. The lowest BCUT2D eigenvalue weighted by molar-refractivity contribution is 0.0509. The lowest BCUT2D eigenvalue weighted by atomic mass is 9.92. The number of ether oxygens (including phenoxy) is 2. The van der Waals surface area contributed by atoms with Gasteiger partial charge in [-0.25, -0.2) is 9.59 Å². The SMILES string of the molecule is CCOC(=O)c1nn(C)c2c1-c1n[nH]c(C(=O)OCC)c1CC2. The molecule has 0 radical (unpaired) electrons. The molecule has 0 saturated carbocycles. The Labute approximate surface area is 132 Å². The summed E-state index contributed by atoms with van der Waals surface area (Å²) in [5, 5.41) is 11.2. The molecule has 0 aliphatic heterocycles. The van der Waals surface area contributed by atoms with E-state index in [0.717, 1.165) is 11.3 Å². The highest BCUT2D eigenvalue weighted by atomic mass is 16.5. The zero-order valence-corrected chi connectivity index (χ0v) is 13.3. The Bertz CT molecular complexity index is 775. The van der Waals surface area contributed by atoms with Crippen LogP contribution in [0.2, 0.25) is 0 Å². The standard InChI is InChI=1S/C15H18N4O4/c1-4-22-14(20)12-8-6-7-9-10(11(8)16-17-12)13(18-19(9)3)15(21)23-5-2/h4-7H2,1-3H3,(H,16,17). The number of H-pyrrole nitrogens is 1. The molecule has 0 spiro atoms. The van der Waals surface area contributed by atoms with Crippen molar-refractivity contribution in [2.45, 2.75) is 26.7 Å². The van der Waals surface area contributed by atoms with Gasteiger partial charge in [0.05, 0.1) is 18.8 Å². The predicted molar refractivity (Wildman–Crippen MR) is 80.1 cm³/mol. The number of nitrogens with zero attached hydrogens (tertiary/aromatic N) is 3. The Morgan fingerprint density at radius 1 is 1.17 bits per heavy atom. The van der Waals surface area contributed by atoms with E-state index in [9.17, 15) is 9.59 Å². The first kappa shape index (κ1) is 15.3. The summed E-state index contributed by atoms with van der Waals surface area (Å²) < 4.78 is 11.8. The number of hydrogen-bond acceptors (Lipinski definition) is 6. The first-order valence-electron chi connectivity index (χ1n) is 7.56. The molecule has 3 rings (SSSR count). The van der Waals surface area contributed by atoms with E-state index in [1.54, 1.807) is 25.6 Å². The van der Waals surface area contributed by atoms with Crippen molar-refractivity contribution in [1.82, 2.24) is 20.0 Å². The van der Waals surface area contributed by atoms with Crippen LogP contribution in [0.1, 0.15) is 46.1 Å². The van der Waals surface area contributed by atoms with Crippen LogP contribution in [0.3, 0.4) is 0 Å². The molecule has 23 heavy (non-hydrogen) atoms. The number of hydrogen-bond donors (Lipinski definition) is 1. The van der Waals surface area contributed by atoms with Crippen LogP contribution in [-0.4, -0.2) is 45.1 Å². The maximum Gasteiger partial charge on any atom is 0.359 e. The minimum Gasteiger partial charge on any atom is -0.461 e. The molecule has 0 bridgehead atoms. The molecule has 8 heteroatoms. The summed E-state index contributed by atoms with van der Waals surface area (Å²) >= 11 is 0. The van der Waals surface area contributed by atoms with Crippen LogP contribution in [0.5, 0.6) is 0 Å². The third-order valence-corrected chi connectivity index (χ3v) is 3.83. The quantitative estimate of drug-likeness (QED) is 0.852. The normalized spacial score (nSPS) is 12.5. The first-order chi connectivity index (χ1) is 11.1. The molecule has 0 amide bonds. The van der Waals surface area contributed by atoms with Gasteiger partial charge in [0.15, 0.2) is 5.69 Å². The van der Waals surface area contributed by atoms with Gasteiger partial charge in [0.1, 0.15) is 11.4 Å². The number of aromatic nitrogens is 4. The fraction of sp³-hybridized carbons (Fsp3) is 0.467.